The largest absolute Gasteiger partial charge is 0.472 e. The van der Waals surface area contributed by atoms with Crippen LogP contribution in [-0.4, -0.2) is 73.4 Å². The molecule has 0 aliphatic carbocycles. The number of aliphatic hydroxyl groups is 1. The second-order valence-corrected chi connectivity index (χ2v) is 21.8. The predicted molar refractivity (Wildman–Crippen MR) is 286 cm³/mol. The van der Waals surface area contributed by atoms with E-state index in [0.717, 1.165) is 64.2 Å². The molecule has 0 spiro atoms. The Morgan fingerprint density at radius 3 is 1.33 bits per heavy atom. The van der Waals surface area contributed by atoms with Crippen LogP contribution in [0.25, 0.3) is 0 Å². The maximum absolute atomic E-state index is 12.9. The van der Waals surface area contributed by atoms with Gasteiger partial charge in [0, 0.05) is 6.42 Å². The topological polar surface area (TPSA) is 105 Å². The number of hydrogen-bond donors (Lipinski definition) is 3. The molecule has 0 saturated heterocycles. The van der Waals surface area contributed by atoms with Crippen molar-refractivity contribution in [1.82, 2.24) is 5.32 Å². The minimum absolute atomic E-state index is 0.0523. The Morgan fingerprint density at radius 2 is 0.879 bits per heavy atom. The smallest absolute Gasteiger partial charge is 0.387 e. The van der Waals surface area contributed by atoms with E-state index in [9.17, 15) is 19.4 Å². The van der Waals surface area contributed by atoms with E-state index < -0.39 is 20.0 Å². The lowest BCUT2D eigenvalue weighted by Gasteiger charge is -2.25. The SMILES string of the molecule is CCCCC/C=C\C/C=C\CCCCCCCC(=O)NC(COP(=O)(O)OCC[N+](C)(C)C)C(O)/C=C/CC/C=C/CCCCCCCCCCCCCCCCCCCCCCCCC. The second-order valence-electron chi connectivity index (χ2n) is 20.3. The van der Waals surface area contributed by atoms with Crippen LogP contribution in [0.5, 0.6) is 0 Å². The zero-order valence-corrected chi connectivity index (χ0v) is 45.1. The molecule has 3 unspecified atom stereocenters. The Bertz CT molecular complexity index is 1210. The van der Waals surface area contributed by atoms with E-state index >= 15 is 0 Å². The number of amides is 1. The Balaban J connectivity index is 4.21. The van der Waals surface area contributed by atoms with Crippen molar-refractivity contribution in [3.8, 4) is 0 Å². The molecule has 8 nitrogen and oxygen atoms in total. The molecular formula is C57H110N2O6P+. The fraction of sp³-hybridized carbons (Fsp3) is 0.842. The summed E-state index contributed by atoms with van der Waals surface area (Å²) < 4.78 is 23.6. The number of hydrogen-bond acceptors (Lipinski definition) is 5. The van der Waals surface area contributed by atoms with Crippen molar-refractivity contribution < 1.29 is 32.9 Å². The predicted octanol–water partition coefficient (Wildman–Crippen LogP) is 16.8. The summed E-state index contributed by atoms with van der Waals surface area (Å²) in [5.74, 6) is -0.200. The molecule has 0 saturated carbocycles. The van der Waals surface area contributed by atoms with E-state index in [-0.39, 0.29) is 19.1 Å². The van der Waals surface area contributed by atoms with Gasteiger partial charge in [-0.2, -0.15) is 0 Å². The monoisotopic (exact) mass is 950 g/mol. The number of unbranched alkanes of at least 4 members (excludes halogenated alkanes) is 32. The van der Waals surface area contributed by atoms with Gasteiger partial charge < -0.3 is 19.8 Å². The lowest BCUT2D eigenvalue weighted by atomic mass is 10.0. The highest BCUT2D eigenvalue weighted by Crippen LogP contribution is 2.43. The minimum Gasteiger partial charge on any atom is -0.387 e. The number of nitrogens with one attached hydrogen (secondary N) is 1. The van der Waals surface area contributed by atoms with E-state index in [0.29, 0.717) is 17.4 Å². The molecule has 0 rings (SSSR count). The first-order valence-corrected chi connectivity index (χ1v) is 29.5. The molecule has 0 bridgehead atoms. The number of carbonyl (C=O) groups is 1. The van der Waals surface area contributed by atoms with Gasteiger partial charge in [0.05, 0.1) is 39.9 Å². The molecular weight excluding hydrogens is 840 g/mol. The Kier molecular flexibility index (Phi) is 47.4. The maximum Gasteiger partial charge on any atom is 0.472 e. The maximum atomic E-state index is 12.9. The van der Waals surface area contributed by atoms with Gasteiger partial charge in [-0.1, -0.05) is 236 Å². The van der Waals surface area contributed by atoms with Crippen molar-refractivity contribution in [3.63, 3.8) is 0 Å². The summed E-state index contributed by atoms with van der Waals surface area (Å²) in [4.78, 5) is 23.2. The van der Waals surface area contributed by atoms with Crippen molar-refractivity contribution in [2.45, 2.75) is 270 Å². The van der Waals surface area contributed by atoms with Crippen LogP contribution in [-0.2, 0) is 18.4 Å². The molecule has 0 aromatic heterocycles. The van der Waals surface area contributed by atoms with E-state index in [1.54, 1.807) is 6.08 Å². The van der Waals surface area contributed by atoms with Gasteiger partial charge in [0.25, 0.3) is 0 Å². The van der Waals surface area contributed by atoms with E-state index in [1.807, 2.05) is 27.2 Å². The summed E-state index contributed by atoms with van der Waals surface area (Å²) in [6.45, 7) is 4.77. The van der Waals surface area contributed by atoms with Crippen LogP contribution in [0.4, 0.5) is 0 Å². The molecule has 1 amide bonds. The molecule has 3 atom stereocenters. The van der Waals surface area contributed by atoms with Crippen molar-refractivity contribution in [2.75, 3.05) is 40.9 Å². The number of carbonyl (C=O) groups excluding carboxylic acids is 1. The molecule has 9 heteroatoms. The van der Waals surface area contributed by atoms with Crippen LogP contribution in [0, 0.1) is 0 Å². The molecule has 0 aromatic carbocycles. The van der Waals surface area contributed by atoms with E-state index in [2.05, 4.69) is 55.6 Å². The second kappa shape index (κ2) is 48.5. The first-order valence-electron chi connectivity index (χ1n) is 28.0. The molecule has 0 heterocycles. The number of rotatable bonds is 51. The molecule has 0 aliphatic heterocycles. The lowest BCUT2D eigenvalue weighted by molar-refractivity contribution is -0.870. The average molecular weight is 950 g/mol. The molecule has 388 valence electrons. The highest BCUT2D eigenvalue weighted by molar-refractivity contribution is 7.47. The highest BCUT2D eigenvalue weighted by Gasteiger charge is 2.27. The fourth-order valence-corrected chi connectivity index (χ4v) is 8.82. The quantitative estimate of drug-likeness (QED) is 0.0243. The van der Waals surface area contributed by atoms with Gasteiger partial charge >= 0.3 is 7.82 Å². The first-order chi connectivity index (χ1) is 32.0. The summed E-state index contributed by atoms with van der Waals surface area (Å²) in [6.07, 6.45) is 63.7. The van der Waals surface area contributed by atoms with E-state index in [1.165, 1.54) is 173 Å². The molecule has 66 heavy (non-hydrogen) atoms. The third kappa shape index (κ3) is 50.3. The number of phosphoric acid groups is 1. The van der Waals surface area contributed by atoms with Crippen LogP contribution in [0.3, 0.4) is 0 Å². The van der Waals surface area contributed by atoms with Crippen LogP contribution < -0.4 is 5.32 Å². The third-order valence-corrected chi connectivity index (χ3v) is 13.5. The third-order valence-electron chi connectivity index (χ3n) is 12.5. The number of aliphatic hydroxyl groups excluding tert-OH is 1. The van der Waals surface area contributed by atoms with Crippen molar-refractivity contribution in [1.29, 1.82) is 0 Å². The fourth-order valence-electron chi connectivity index (χ4n) is 8.09. The Morgan fingerprint density at radius 1 is 0.515 bits per heavy atom. The van der Waals surface area contributed by atoms with Gasteiger partial charge in [0.2, 0.25) is 5.91 Å². The number of allylic oxidation sites excluding steroid dienone is 7. The lowest BCUT2D eigenvalue weighted by Crippen LogP contribution is -2.45. The molecule has 0 aromatic rings. The number of quaternary nitrogens is 1. The summed E-state index contributed by atoms with van der Waals surface area (Å²) in [6, 6.07) is -0.872. The summed E-state index contributed by atoms with van der Waals surface area (Å²) in [5.41, 5.74) is 0. The van der Waals surface area contributed by atoms with Crippen molar-refractivity contribution in [2.24, 2.45) is 0 Å². The first kappa shape index (κ1) is 64.5. The standard InChI is InChI=1S/C57H109N2O6P/c1-6-8-10-12-14-16-18-20-22-23-24-25-26-27-28-29-30-31-32-33-34-35-37-38-40-42-44-46-48-50-56(60)55(54-65-66(62,63)64-53-52-59(3,4)5)58-57(61)51-49-47-45-43-41-39-36-21-19-17-15-13-11-9-7-2/h15,17,21,36,40,42,48,50,55-56,60H,6-14,16,18-20,22-35,37-39,41,43-47,49,51-54H2,1-5H3,(H-,58,61,62,63)/p+1/b17-15-,36-21-,42-40+,50-48+. The number of nitrogens with zero attached hydrogens (tertiary/aromatic N) is 1. The van der Waals surface area contributed by atoms with Gasteiger partial charge in [0.1, 0.15) is 13.2 Å². The van der Waals surface area contributed by atoms with Gasteiger partial charge in [-0.25, -0.2) is 4.57 Å². The zero-order valence-electron chi connectivity index (χ0n) is 44.2. The van der Waals surface area contributed by atoms with Crippen LogP contribution >= 0.6 is 7.82 Å². The van der Waals surface area contributed by atoms with Gasteiger partial charge in [-0.3, -0.25) is 13.8 Å². The van der Waals surface area contributed by atoms with Crippen LogP contribution in [0.1, 0.15) is 258 Å². The minimum atomic E-state index is -4.36. The van der Waals surface area contributed by atoms with Gasteiger partial charge in [-0.15, -0.1) is 0 Å². The van der Waals surface area contributed by atoms with Gasteiger partial charge in [-0.05, 0) is 64.2 Å². The summed E-state index contributed by atoms with van der Waals surface area (Å²) in [7, 11) is 1.55. The Labute approximate surface area is 409 Å². The van der Waals surface area contributed by atoms with Gasteiger partial charge in [0.15, 0.2) is 0 Å². The van der Waals surface area contributed by atoms with Crippen LogP contribution in [0.2, 0.25) is 0 Å². The van der Waals surface area contributed by atoms with E-state index in [4.69, 9.17) is 9.05 Å². The Hall–Kier alpha value is -1.54. The number of likely N-dealkylation sites (N-methyl/N-ethyl adjacent to an activating group) is 1. The van der Waals surface area contributed by atoms with Crippen molar-refractivity contribution >= 4 is 13.7 Å². The summed E-state index contributed by atoms with van der Waals surface area (Å²) in [5, 5.41) is 13.9. The normalized spacial score (nSPS) is 14.3. The number of phosphoric ester groups is 1. The molecule has 3 N–H and O–H groups in total. The highest BCUT2D eigenvalue weighted by atomic mass is 31.2. The van der Waals surface area contributed by atoms with Crippen molar-refractivity contribution in [3.05, 3.63) is 48.6 Å². The van der Waals surface area contributed by atoms with Crippen LogP contribution in [0.15, 0.2) is 48.6 Å². The summed E-state index contributed by atoms with van der Waals surface area (Å²) >= 11 is 0. The molecule has 0 radical (unpaired) electrons. The average Bonchev–Trinajstić information content (AvgIpc) is 3.28. The zero-order chi connectivity index (χ0) is 48.5. The molecule has 0 fully saturated rings. The molecule has 0 aliphatic rings.